The Kier molecular flexibility index (Phi) is 4.57. The SMILES string of the molecule is COc1ccc(CNNc2ccccc2)c(C(=O)O)c1. The van der Waals surface area contributed by atoms with E-state index in [4.69, 9.17) is 4.74 Å². The number of aromatic carboxylic acids is 1. The molecule has 0 aliphatic heterocycles. The molecule has 0 aromatic heterocycles. The molecule has 0 heterocycles. The summed E-state index contributed by atoms with van der Waals surface area (Å²) < 4.78 is 5.03. The van der Waals surface area contributed by atoms with Crippen molar-refractivity contribution in [3.05, 3.63) is 59.7 Å². The van der Waals surface area contributed by atoms with Gasteiger partial charge in [0.1, 0.15) is 5.75 Å². The summed E-state index contributed by atoms with van der Waals surface area (Å²) in [6.45, 7) is 0.389. The number of para-hydroxylation sites is 1. The fourth-order valence-corrected chi connectivity index (χ4v) is 1.80. The van der Waals surface area contributed by atoms with E-state index in [1.807, 2.05) is 30.3 Å². The molecular formula is C15H16N2O3. The molecule has 5 nitrogen and oxygen atoms in total. The number of carboxylic acid groups (broad SMARTS) is 1. The largest absolute Gasteiger partial charge is 0.497 e. The van der Waals surface area contributed by atoms with Gasteiger partial charge in [0.25, 0.3) is 0 Å². The molecule has 0 atom stereocenters. The summed E-state index contributed by atoms with van der Waals surface area (Å²) in [6.07, 6.45) is 0. The molecule has 0 fully saturated rings. The van der Waals surface area contributed by atoms with Crippen LogP contribution in [-0.4, -0.2) is 18.2 Å². The molecule has 0 aliphatic rings. The second kappa shape index (κ2) is 6.58. The molecule has 0 spiro atoms. The van der Waals surface area contributed by atoms with Crippen molar-refractivity contribution in [1.82, 2.24) is 5.43 Å². The lowest BCUT2D eigenvalue weighted by Gasteiger charge is -2.11. The Hall–Kier alpha value is -2.53. The van der Waals surface area contributed by atoms with Crippen molar-refractivity contribution in [2.45, 2.75) is 6.54 Å². The maximum absolute atomic E-state index is 11.2. The number of rotatable bonds is 6. The van der Waals surface area contributed by atoms with Crippen LogP contribution in [0.2, 0.25) is 0 Å². The van der Waals surface area contributed by atoms with Gasteiger partial charge >= 0.3 is 5.97 Å². The fourth-order valence-electron chi connectivity index (χ4n) is 1.80. The van der Waals surface area contributed by atoms with Gasteiger partial charge in [-0.1, -0.05) is 24.3 Å². The smallest absolute Gasteiger partial charge is 0.336 e. The highest BCUT2D eigenvalue weighted by Crippen LogP contribution is 2.18. The first-order chi connectivity index (χ1) is 9.70. The molecule has 20 heavy (non-hydrogen) atoms. The molecular weight excluding hydrogens is 256 g/mol. The lowest BCUT2D eigenvalue weighted by Crippen LogP contribution is -2.22. The highest BCUT2D eigenvalue weighted by molar-refractivity contribution is 5.89. The van der Waals surface area contributed by atoms with Crippen molar-refractivity contribution in [1.29, 1.82) is 0 Å². The zero-order valence-corrected chi connectivity index (χ0v) is 11.1. The predicted octanol–water partition coefficient (Wildman–Crippen LogP) is 2.51. The maximum Gasteiger partial charge on any atom is 0.336 e. The predicted molar refractivity (Wildman–Crippen MR) is 76.9 cm³/mol. The second-order valence-corrected chi connectivity index (χ2v) is 4.17. The molecule has 0 aliphatic carbocycles. The van der Waals surface area contributed by atoms with Crippen LogP contribution in [0.15, 0.2) is 48.5 Å². The number of benzene rings is 2. The normalized spacial score (nSPS) is 10.1. The lowest BCUT2D eigenvalue weighted by molar-refractivity contribution is 0.0695. The number of ether oxygens (including phenoxy) is 1. The van der Waals surface area contributed by atoms with Gasteiger partial charge in [-0.3, -0.25) is 0 Å². The third-order valence-corrected chi connectivity index (χ3v) is 2.83. The zero-order chi connectivity index (χ0) is 14.4. The Balaban J connectivity index is 2.04. The molecule has 0 bridgehead atoms. The highest BCUT2D eigenvalue weighted by Gasteiger charge is 2.11. The minimum atomic E-state index is -0.972. The molecule has 0 saturated heterocycles. The van der Waals surface area contributed by atoms with Gasteiger partial charge in [-0.25, -0.2) is 10.2 Å². The van der Waals surface area contributed by atoms with Crippen LogP contribution >= 0.6 is 0 Å². The molecule has 2 aromatic rings. The Labute approximate surface area is 117 Å². The van der Waals surface area contributed by atoms with Crippen LogP contribution in [0, 0.1) is 0 Å². The van der Waals surface area contributed by atoms with Crippen LogP contribution in [0.3, 0.4) is 0 Å². The Morgan fingerprint density at radius 3 is 2.60 bits per heavy atom. The van der Waals surface area contributed by atoms with Gasteiger partial charge in [0.2, 0.25) is 0 Å². The number of carbonyl (C=O) groups is 1. The third kappa shape index (κ3) is 3.49. The second-order valence-electron chi connectivity index (χ2n) is 4.17. The minimum absolute atomic E-state index is 0.228. The molecule has 0 amide bonds. The zero-order valence-electron chi connectivity index (χ0n) is 11.1. The minimum Gasteiger partial charge on any atom is -0.497 e. The number of methoxy groups -OCH3 is 1. The summed E-state index contributed by atoms with van der Waals surface area (Å²) in [5.74, 6) is -0.442. The van der Waals surface area contributed by atoms with E-state index in [-0.39, 0.29) is 5.56 Å². The van der Waals surface area contributed by atoms with Crippen molar-refractivity contribution in [3.63, 3.8) is 0 Å². The van der Waals surface area contributed by atoms with Crippen LogP contribution in [0.1, 0.15) is 15.9 Å². The maximum atomic E-state index is 11.2. The Morgan fingerprint density at radius 1 is 1.20 bits per heavy atom. The topological polar surface area (TPSA) is 70.6 Å². The van der Waals surface area contributed by atoms with E-state index in [1.54, 1.807) is 12.1 Å². The number of hydrazine groups is 1. The molecule has 104 valence electrons. The van der Waals surface area contributed by atoms with Crippen LogP contribution in [0.5, 0.6) is 5.75 Å². The van der Waals surface area contributed by atoms with E-state index in [0.29, 0.717) is 17.9 Å². The lowest BCUT2D eigenvalue weighted by atomic mass is 10.1. The molecule has 0 radical (unpaired) electrons. The van der Waals surface area contributed by atoms with E-state index in [2.05, 4.69) is 10.9 Å². The summed E-state index contributed by atoms with van der Waals surface area (Å²) >= 11 is 0. The van der Waals surface area contributed by atoms with E-state index in [1.165, 1.54) is 13.2 Å². The van der Waals surface area contributed by atoms with E-state index < -0.39 is 5.97 Å². The van der Waals surface area contributed by atoms with Gasteiger partial charge in [-0.2, -0.15) is 0 Å². The van der Waals surface area contributed by atoms with Gasteiger partial charge in [-0.05, 0) is 29.8 Å². The first-order valence-corrected chi connectivity index (χ1v) is 6.15. The first kappa shape index (κ1) is 13.9. The summed E-state index contributed by atoms with van der Waals surface area (Å²) in [4.78, 5) is 11.2. The third-order valence-electron chi connectivity index (χ3n) is 2.83. The van der Waals surface area contributed by atoms with Crippen LogP contribution < -0.4 is 15.6 Å². The van der Waals surface area contributed by atoms with E-state index >= 15 is 0 Å². The Bertz CT molecular complexity index is 585. The van der Waals surface area contributed by atoms with Crippen molar-refractivity contribution >= 4 is 11.7 Å². The number of nitrogens with one attached hydrogen (secondary N) is 2. The molecule has 2 rings (SSSR count). The van der Waals surface area contributed by atoms with Crippen molar-refractivity contribution < 1.29 is 14.6 Å². The van der Waals surface area contributed by atoms with Crippen molar-refractivity contribution in [2.24, 2.45) is 0 Å². The fraction of sp³-hybridized carbons (Fsp3) is 0.133. The average Bonchev–Trinajstić information content (AvgIpc) is 2.48. The van der Waals surface area contributed by atoms with Crippen LogP contribution in [-0.2, 0) is 6.54 Å². The molecule has 5 heteroatoms. The molecule has 0 unspecified atom stereocenters. The highest BCUT2D eigenvalue weighted by atomic mass is 16.5. The number of carboxylic acids is 1. The van der Waals surface area contributed by atoms with Gasteiger partial charge in [-0.15, -0.1) is 0 Å². The molecule has 0 saturated carbocycles. The van der Waals surface area contributed by atoms with Gasteiger partial charge in [0, 0.05) is 12.2 Å². The average molecular weight is 272 g/mol. The summed E-state index contributed by atoms with van der Waals surface area (Å²) in [6, 6.07) is 14.6. The molecule has 3 N–H and O–H groups in total. The number of hydrogen-bond donors (Lipinski definition) is 3. The summed E-state index contributed by atoms with van der Waals surface area (Å²) in [5.41, 5.74) is 7.84. The Morgan fingerprint density at radius 2 is 1.95 bits per heavy atom. The van der Waals surface area contributed by atoms with Gasteiger partial charge in [0.15, 0.2) is 0 Å². The number of hydrogen-bond acceptors (Lipinski definition) is 4. The first-order valence-electron chi connectivity index (χ1n) is 6.15. The summed E-state index contributed by atoms with van der Waals surface area (Å²) in [7, 11) is 1.51. The molecule has 2 aromatic carbocycles. The van der Waals surface area contributed by atoms with Gasteiger partial charge in [0.05, 0.1) is 12.7 Å². The van der Waals surface area contributed by atoms with E-state index in [0.717, 1.165) is 5.69 Å². The van der Waals surface area contributed by atoms with Crippen molar-refractivity contribution in [3.8, 4) is 5.75 Å². The van der Waals surface area contributed by atoms with Crippen LogP contribution in [0.25, 0.3) is 0 Å². The standard InChI is InChI=1S/C15H16N2O3/c1-20-13-8-7-11(14(9-13)15(18)19)10-16-17-12-5-3-2-4-6-12/h2-9,16-17H,10H2,1H3,(H,18,19). The quantitative estimate of drug-likeness (QED) is 0.705. The van der Waals surface area contributed by atoms with Crippen molar-refractivity contribution in [2.75, 3.05) is 12.5 Å². The summed E-state index contributed by atoms with van der Waals surface area (Å²) in [5, 5.41) is 9.20. The van der Waals surface area contributed by atoms with Gasteiger partial charge < -0.3 is 15.3 Å². The van der Waals surface area contributed by atoms with Crippen LogP contribution in [0.4, 0.5) is 5.69 Å². The number of anilines is 1. The van der Waals surface area contributed by atoms with E-state index in [9.17, 15) is 9.90 Å². The monoisotopic (exact) mass is 272 g/mol.